The van der Waals surface area contributed by atoms with E-state index in [1.807, 2.05) is 0 Å². The second kappa shape index (κ2) is 4.52. The Morgan fingerprint density at radius 1 is 0.812 bits per heavy atom. The fraction of sp³-hybridized carbons (Fsp3) is 0.250. The van der Waals surface area contributed by atoms with Gasteiger partial charge >= 0.3 is 0 Å². The molecule has 0 heteroatoms. The van der Waals surface area contributed by atoms with Crippen molar-refractivity contribution < 1.29 is 0 Å². The molecule has 0 aliphatic heterocycles. The van der Waals surface area contributed by atoms with E-state index < -0.39 is 0 Å². The Bertz CT molecular complexity index is 464. The van der Waals surface area contributed by atoms with Crippen LogP contribution in [0.4, 0.5) is 0 Å². The third kappa shape index (κ3) is 2.16. The van der Waals surface area contributed by atoms with Gasteiger partial charge in [-0.1, -0.05) is 67.9 Å². The first-order chi connectivity index (χ1) is 7.68. The van der Waals surface area contributed by atoms with Gasteiger partial charge in [0, 0.05) is 0 Å². The molecule has 0 aromatic heterocycles. The van der Waals surface area contributed by atoms with Crippen LogP contribution in [0.2, 0.25) is 0 Å². The van der Waals surface area contributed by atoms with Crippen LogP contribution < -0.4 is 0 Å². The van der Waals surface area contributed by atoms with Gasteiger partial charge in [0.1, 0.15) is 0 Å². The Kier molecular flexibility index (Phi) is 3.09. The van der Waals surface area contributed by atoms with E-state index in [1.165, 1.54) is 22.3 Å². The molecule has 0 unspecified atom stereocenters. The maximum absolute atomic E-state index is 2.24. The Morgan fingerprint density at radius 3 is 2.06 bits per heavy atom. The maximum atomic E-state index is 2.24. The summed E-state index contributed by atoms with van der Waals surface area (Å²) < 4.78 is 0. The Labute approximate surface area is 97.9 Å². The quantitative estimate of drug-likeness (QED) is 0.668. The first kappa shape index (κ1) is 10.9. The molecule has 0 radical (unpaired) electrons. The number of benzene rings is 2. The molecule has 0 aliphatic carbocycles. The maximum Gasteiger partial charge on any atom is -0.0149 e. The van der Waals surface area contributed by atoms with Gasteiger partial charge in [-0.05, 0) is 29.5 Å². The zero-order valence-corrected chi connectivity index (χ0v) is 10.2. The van der Waals surface area contributed by atoms with Crippen LogP contribution in [0.15, 0.2) is 48.5 Å². The fourth-order valence-electron chi connectivity index (χ4n) is 2.00. The molecule has 0 bridgehead atoms. The monoisotopic (exact) mass is 210 g/mol. The van der Waals surface area contributed by atoms with Crippen molar-refractivity contribution in [1.82, 2.24) is 0 Å². The molecule has 0 heterocycles. The lowest BCUT2D eigenvalue weighted by Gasteiger charge is -2.12. The molecule has 0 saturated heterocycles. The van der Waals surface area contributed by atoms with E-state index in [2.05, 4.69) is 69.3 Å². The summed E-state index contributed by atoms with van der Waals surface area (Å²) in [4.78, 5) is 0. The molecule has 0 spiro atoms. The topological polar surface area (TPSA) is 0 Å². The van der Waals surface area contributed by atoms with Gasteiger partial charge in [-0.2, -0.15) is 0 Å². The molecule has 16 heavy (non-hydrogen) atoms. The first-order valence-corrected chi connectivity index (χ1v) is 5.84. The summed E-state index contributed by atoms with van der Waals surface area (Å²) >= 11 is 0. The van der Waals surface area contributed by atoms with Crippen LogP contribution in [0.25, 0.3) is 11.1 Å². The Hall–Kier alpha value is -1.56. The van der Waals surface area contributed by atoms with E-state index in [1.54, 1.807) is 0 Å². The summed E-state index contributed by atoms with van der Waals surface area (Å²) in [6.45, 7) is 6.61. The van der Waals surface area contributed by atoms with Gasteiger partial charge in [0.2, 0.25) is 0 Å². The minimum Gasteiger partial charge on any atom is -0.0619 e. The SMILES string of the molecule is Cc1ccc(-c2ccccc2C(C)C)cc1. The summed E-state index contributed by atoms with van der Waals surface area (Å²) in [5.41, 5.74) is 5.41. The Balaban J connectivity index is 2.51. The van der Waals surface area contributed by atoms with Crippen LogP contribution in [0, 0.1) is 6.92 Å². The van der Waals surface area contributed by atoms with Crippen molar-refractivity contribution in [3.8, 4) is 11.1 Å². The van der Waals surface area contributed by atoms with E-state index in [0.29, 0.717) is 5.92 Å². The zero-order valence-electron chi connectivity index (χ0n) is 10.2. The molecule has 0 nitrogen and oxygen atoms in total. The van der Waals surface area contributed by atoms with Crippen LogP contribution in [-0.4, -0.2) is 0 Å². The molecule has 0 amide bonds. The Morgan fingerprint density at radius 2 is 1.44 bits per heavy atom. The molecular formula is C16H18. The largest absolute Gasteiger partial charge is 0.0619 e. The van der Waals surface area contributed by atoms with Crippen LogP contribution in [0.1, 0.15) is 30.9 Å². The van der Waals surface area contributed by atoms with Crippen LogP contribution in [0.3, 0.4) is 0 Å². The molecule has 2 aromatic rings. The van der Waals surface area contributed by atoms with Crippen molar-refractivity contribution in [3.63, 3.8) is 0 Å². The highest BCUT2D eigenvalue weighted by atomic mass is 14.1. The van der Waals surface area contributed by atoms with Crippen molar-refractivity contribution in [1.29, 1.82) is 0 Å². The molecule has 0 aliphatic rings. The zero-order chi connectivity index (χ0) is 11.5. The molecule has 0 atom stereocenters. The van der Waals surface area contributed by atoms with Gasteiger partial charge < -0.3 is 0 Å². The van der Waals surface area contributed by atoms with Crippen molar-refractivity contribution in [2.75, 3.05) is 0 Å². The minimum atomic E-state index is 0.567. The lowest BCUT2D eigenvalue weighted by Crippen LogP contribution is -1.91. The van der Waals surface area contributed by atoms with E-state index >= 15 is 0 Å². The van der Waals surface area contributed by atoms with Crippen molar-refractivity contribution in [2.45, 2.75) is 26.7 Å². The summed E-state index contributed by atoms with van der Waals surface area (Å²) in [6.07, 6.45) is 0. The van der Waals surface area contributed by atoms with Crippen LogP contribution in [0.5, 0.6) is 0 Å². The molecule has 2 rings (SSSR count). The summed E-state index contributed by atoms with van der Waals surface area (Å²) in [7, 11) is 0. The molecule has 0 fully saturated rings. The fourth-order valence-corrected chi connectivity index (χ4v) is 2.00. The third-order valence-electron chi connectivity index (χ3n) is 2.95. The van der Waals surface area contributed by atoms with Crippen LogP contribution >= 0.6 is 0 Å². The van der Waals surface area contributed by atoms with Crippen molar-refractivity contribution in [3.05, 3.63) is 59.7 Å². The molecule has 2 aromatic carbocycles. The van der Waals surface area contributed by atoms with Gasteiger partial charge in [-0.25, -0.2) is 0 Å². The van der Waals surface area contributed by atoms with Crippen LogP contribution in [-0.2, 0) is 0 Å². The van der Waals surface area contributed by atoms with E-state index in [-0.39, 0.29) is 0 Å². The third-order valence-corrected chi connectivity index (χ3v) is 2.95. The summed E-state index contributed by atoms with van der Waals surface area (Å²) in [5.74, 6) is 0.567. The highest BCUT2D eigenvalue weighted by molar-refractivity contribution is 5.68. The number of rotatable bonds is 2. The first-order valence-electron chi connectivity index (χ1n) is 5.84. The van der Waals surface area contributed by atoms with Crippen molar-refractivity contribution in [2.24, 2.45) is 0 Å². The predicted octanol–water partition coefficient (Wildman–Crippen LogP) is 4.79. The van der Waals surface area contributed by atoms with Gasteiger partial charge in [0.15, 0.2) is 0 Å². The van der Waals surface area contributed by atoms with E-state index in [4.69, 9.17) is 0 Å². The average Bonchev–Trinajstić information content (AvgIpc) is 2.30. The summed E-state index contributed by atoms with van der Waals surface area (Å²) in [5, 5.41) is 0. The van der Waals surface area contributed by atoms with Gasteiger partial charge in [-0.15, -0.1) is 0 Å². The molecular weight excluding hydrogens is 192 g/mol. The normalized spacial score (nSPS) is 10.8. The second-order valence-electron chi connectivity index (χ2n) is 4.61. The predicted molar refractivity (Wildman–Crippen MR) is 70.7 cm³/mol. The molecule has 0 saturated carbocycles. The number of hydrogen-bond donors (Lipinski definition) is 0. The van der Waals surface area contributed by atoms with Gasteiger partial charge in [0.05, 0.1) is 0 Å². The highest BCUT2D eigenvalue weighted by Crippen LogP contribution is 2.28. The minimum absolute atomic E-state index is 0.567. The number of hydrogen-bond acceptors (Lipinski definition) is 0. The molecule has 82 valence electrons. The average molecular weight is 210 g/mol. The van der Waals surface area contributed by atoms with E-state index in [0.717, 1.165) is 0 Å². The van der Waals surface area contributed by atoms with E-state index in [9.17, 15) is 0 Å². The molecule has 0 N–H and O–H groups in total. The summed E-state index contributed by atoms with van der Waals surface area (Å²) in [6, 6.07) is 17.4. The smallest absolute Gasteiger partial charge is 0.0149 e. The second-order valence-corrected chi connectivity index (χ2v) is 4.61. The lowest BCUT2D eigenvalue weighted by atomic mass is 9.92. The van der Waals surface area contributed by atoms with Crippen molar-refractivity contribution >= 4 is 0 Å². The van der Waals surface area contributed by atoms with Gasteiger partial charge in [0.25, 0.3) is 0 Å². The highest BCUT2D eigenvalue weighted by Gasteiger charge is 2.06. The standard InChI is InChI=1S/C16H18/c1-12(2)15-6-4-5-7-16(15)14-10-8-13(3)9-11-14/h4-12H,1-3H3. The number of aryl methyl sites for hydroxylation is 1. The van der Waals surface area contributed by atoms with Gasteiger partial charge in [-0.3, -0.25) is 0 Å². The lowest BCUT2D eigenvalue weighted by molar-refractivity contribution is 0.869.